The zero-order chi connectivity index (χ0) is 36.1. The summed E-state index contributed by atoms with van der Waals surface area (Å²) in [7, 11) is 0. The Morgan fingerprint density at radius 2 is 1.48 bits per heavy atom. The van der Waals surface area contributed by atoms with Crippen LogP contribution in [0.2, 0.25) is 0 Å². The van der Waals surface area contributed by atoms with E-state index in [2.05, 4.69) is 0 Å². The number of phenolic OH excluding ortho intramolecular Hbond substituents is 1. The van der Waals surface area contributed by atoms with Crippen LogP contribution in [0.1, 0.15) is 11.7 Å². The van der Waals surface area contributed by atoms with Crippen molar-refractivity contribution in [1.29, 1.82) is 0 Å². The molecular weight excluding hydrogens is 672 g/mol. The predicted molar refractivity (Wildman–Crippen MR) is 163 cm³/mol. The number of rotatable bonds is 9. The quantitative estimate of drug-likeness (QED) is 0.102. The third-order valence-corrected chi connectivity index (χ3v) is 9.22. The van der Waals surface area contributed by atoms with Gasteiger partial charge in [0, 0.05) is 0 Å². The molecule has 6 rings (SSSR count). The molecule has 0 bridgehead atoms. The van der Waals surface area contributed by atoms with Crippen molar-refractivity contribution in [3.63, 3.8) is 0 Å². The fourth-order valence-electron chi connectivity index (χ4n) is 6.15. The number of fused-ring (bicyclic) bond motifs is 1. The first-order valence-electron chi connectivity index (χ1n) is 15.6. The summed E-state index contributed by atoms with van der Waals surface area (Å²) in [6.07, 6.45) is -17.8. The molecule has 0 aliphatic carbocycles. The molecule has 3 aliphatic rings. The normalized spacial score (nSPS) is 37.6. The van der Waals surface area contributed by atoms with Gasteiger partial charge in [-0.2, -0.15) is 0 Å². The standard InChI is InChI=1S/C32H38O18/c33-7-17-21(37)24(40)26(42)30(50-17)48-13-3-1-12(2-4-13)15-8-45-27-14(20(15)36)5-6-16(35)19(27)28-25(41)23(39)22(38)18(49-28)9-46-31-29(43)32(44,10-34)11-47-31/h1-6,8,17-18,21-26,28-31,33-35,37-44H,7,9-11H2/t17-,18-,21-,22-,23+,24+,25-,26-,28+,29+,30-,31-,32-/m1/s1. The van der Waals surface area contributed by atoms with Crippen molar-refractivity contribution in [3.05, 3.63) is 58.4 Å². The molecule has 4 heterocycles. The molecule has 0 saturated carbocycles. The summed E-state index contributed by atoms with van der Waals surface area (Å²) in [4.78, 5) is 13.7. The third kappa shape index (κ3) is 6.49. The van der Waals surface area contributed by atoms with Gasteiger partial charge in [-0.25, -0.2) is 0 Å². The van der Waals surface area contributed by atoms with Gasteiger partial charge >= 0.3 is 0 Å². The van der Waals surface area contributed by atoms with E-state index in [1.165, 1.54) is 30.3 Å². The van der Waals surface area contributed by atoms with Crippen molar-refractivity contribution in [2.24, 2.45) is 0 Å². The van der Waals surface area contributed by atoms with Gasteiger partial charge in [0.1, 0.15) is 90.0 Å². The maximum atomic E-state index is 13.7. The summed E-state index contributed by atoms with van der Waals surface area (Å²) in [5.74, 6) is -0.325. The van der Waals surface area contributed by atoms with E-state index in [9.17, 15) is 61.0 Å². The number of benzene rings is 2. The largest absolute Gasteiger partial charge is 0.507 e. The Bertz CT molecular complexity index is 1700. The predicted octanol–water partition coefficient (Wildman–Crippen LogP) is -3.68. The van der Waals surface area contributed by atoms with Gasteiger partial charge in [0.2, 0.25) is 11.7 Å². The Labute approximate surface area is 282 Å². The van der Waals surface area contributed by atoms with Crippen LogP contribution in [-0.2, 0) is 18.9 Å². The fourth-order valence-corrected chi connectivity index (χ4v) is 6.15. The lowest BCUT2D eigenvalue weighted by molar-refractivity contribution is -0.277. The highest BCUT2D eigenvalue weighted by molar-refractivity contribution is 5.86. The Hall–Kier alpha value is -3.31. The Morgan fingerprint density at radius 3 is 2.14 bits per heavy atom. The number of aromatic hydroxyl groups is 1. The smallest absolute Gasteiger partial charge is 0.229 e. The third-order valence-electron chi connectivity index (χ3n) is 9.22. The van der Waals surface area contributed by atoms with Gasteiger partial charge < -0.3 is 84.3 Å². The maximum Gasteiger partial charge on any atom is 0.229 e. The van der Waals surface area contributed by atoms with Crippen molar-refractivity contribution < 1.29 is 84.3 Å². The van der Waals surface area contributed by atoms with Crippen molar-refractivity contribution in [2.75, 3.05) is 26.4 Å². The van der Waals surface area contributed by atoms with Gasteiger partial charge in [-0.1, -0.05) is 12.1 Å². The van der Waals surface area contributed by atoms with Crippen molar-refractivity contribution >= 4 is 11.0 Å². The first-order chi connectivity index (χ1) is 23.8. The monoisotopic (exact) mass is 710 g/mol. The van der Waals surface area contributed by atoms with Crippen LogP contribution in [-0.4, -0.2) is 156 Å². The van der Waals surface area contributed by atoms with Gasteiger partial charge in [-0.05, 0) is 29.8 Å². The lowest BCUT2D eigenvalue weighted by Crippen LogP contribution is -2.60. The summed E-state index contributed by atoms with van der Waals surface area (Å²) in [5.41, 5.74) is -2.54. The van der Waals surface area contributed by atoms with Gasteiger partial charge in [0.15, 0.2) is 6.29 Å². The molecule has 3 aliphatic heterocycles. The van der Waals surface area contributed by atoms with Crippen molar-refractivity contribution in [2.45, 2.75) is 79.2 Å². The van der Waals surface area contributed by atoms with E-state index in [0.29, 0.717) is 5.56 Å². The summed E-state index contributed by atoms with van der Waals surface area (Å²) in [5, 5.41) is 112. The molecule has 18 nitrogen and oxygen atoms in total. The molecule has 50 heavy (non-hydrogen) atoms. The minimum absolute atomic E-state index is 0.0491. The lowest BCUT2D eigenvalue weighted by atomic mass is 9.89. The van der Waals surface area contributed by atoms with Crippen LogP contribution in [0.5, 0.6) is 11.5 Å². The molecule has 3 aromatic rings. The summed E-state index contributed by atoms with van der Waals surface area (Å²) >= 11 is 0. The topological polar surface area (TPSA) is 299 Å². The first kappa shape index (κ1) is 36.5. The average molecular weight is 711 g/mol. The van der Waals surface area contributed by atoms with E-state index < -0.39 is 117 Å². The highest BCUT2D eigenvalue weighted by Gasteiger charge is 2.51. The highest BCUT2D eigenvalue weighted by atomic mass is 16.7. The number of aliphatic hydroxyl groups is 10. The second kappa shape index (κ2) is 14.4. The molecule has 274 valence electrons. The second-order valence-corrected chi connectivity index (χ2v) is 12.5. The van der Waals surface area contributed by atoms with E-state index in [4.69, 9.17) is 28.1 Å². The zero-order valence-electron chi connectivity index (χ0n) is 26.1. The van der Waals surface area contributed by atoms with Crippen LogP contribution in [0.15, 0.2) is 51.9 Å². The van der Waals surface area contributed by atoms with Crippen LogP contribution in [0.4, 0.5) is 0 Å². The Balaban J connectivity index is 1.23. The van der Waals surface area contributed by atoms with Crippen LogP contribution in [0, 0.1) is 0 Å². The number of phenols is 1. The summed E-state index contributed by atoms with van der Waals surface area (Å²) < 4.78 is 33.2. The molecule has 0 amide bonds. The van der Waals surface area contributed by atoms with Crippen LogP contribution in [0.3, 0.4) is 0 Å². The van der Waals surface area contributed by atoms with Crippen LogP contribution < -0.4 is 10.2 Å². The number of hydrogen-bond acceptors (Lipinski definition) is 18. The molecule has 11 N–H and O–H groups in total. The van der Waals surface area contributed by atoms with E-state index >= 15 is 0 Å². The molecule has 0 spiro atoms. The molecular formula is C32H38O18. The Morgan fingerprint density at radius 1 is 0.800 bits per heavy atom. The summed E-state index contributed by atoms with van der Waals surface area (Å²) in [6, 6.07) is 8.28. The van der Waals surface area contributed by atoms with Gasteiger partial charge in [-0.15, -0.1) is 0 Å². The van der Waals surface area contributed by atoms with Gasteiger partial charge in [-0.3, -0.25) is 4.79 Å². The van der Waals surface area contributed by atoms with E-state index in [1.807, 2.05) is 0 Å². The first-order valence-corrected chi connectivity index (χ1v) is 15.6. The summed E-state index contributed by atoms with van der Waals surface area (Å²) in [6.45, 7) is -2.44. The highest BCUT2D eigenvalue weighted by Crippen LogP contribution is 2.41. The van der Waals surface area contributed by atoms with E-state index in [0.717, 1.165) is 12.3 Å². The average Bonchev–Trinajstić information content (AvgIpc) is 3.40. The SMILES string of the molecule is O=c1c(-c2ccc(O[C@@H]3O[C@H](CO)[C@@H](O)[C@H](O)[C@H]3O)cc2)coc2c([C@@H]3O[C@H](CO[C@@H]4OC[C@](O)(CO)[C@H]4O)[C@@H](O)[C@H](O)[C@H]3O)c(O)ccc12. The molecule has 18 heteroatoms. The van der Waals surface area contributed by atoms with Gasteiger partial charge in [0.25, 0.3) is 0 Å². The molecule has 3 saturated heterocycles. The van der Waals surface area contributed by atoms with Crippen LogP contribution in [0.25, 0.3) is 22.1 Å². The van der Waals surface area contributed by atoms with Crippen molar-refractivity contribution in [1.82, 2.24) is 0 Å². The van der Waals surface area contributed by atoms with E-state index in [-0.39, 0.29) is 27.8 Å². The maximum absolute atomic E-state index is 13.7. The molecule has 3 fully saturated rings. The fraction of sp³-hybridized carbons (Fsp3) is 0.531. The number of hydrogen-bond donors (Lipinski definition) is 11. The second-order valence-electron chi connectivity index (χ2n) is 12.5. The minimum atomic E-state index is -1.98. The molecule has 0 radical (unpaired) electrons. The number of ether oxygens (including phenoxy) is 5. The molecule has 13 atom stereocenters. The molecule has 2 aromatic carbocycles. The molecule has 1 aromatic heterocycles. The Kier molecular flexibility index (Phi) is 10.5. The van der Waals surface area contributed by atoms with Crippen LogP contribution >= 0.6 is 0 Å². The number of aliphatic hydroxyl groups excluding tert-OH is 9. The molecule has 0 unspecified atom stereocenters. The minimum Gasteiger partial charge on any atom is -0.507 e. The zero-order valence-corrected chi connectivity index (χ0v) is 26.1. The lowest BCUT2D eigenvalue weighted by Gasteiger charge is -2.41. The van der Waals surface area contributed by atoms with Gasteiger partial charge in [0.05, 0.1) is 42.9 Å². The van der Waals surface area contributed by atoms with E-state index in [1.54, 1.807) is 0 Å². The van der Waals surface area contributed by atoms with Crippen molar-refractivity contribution in [3.8, 4) is 22.6 Å².